The second kappa shape index (κ2) is 16.5. The van der Waals surface area contributed by atoms with Crippen molar-refractivity contribution in [1.82, 2.24) is 0 Å². The van der Waals surface area contributed by atoms with Crippen LogP contribution in [0, 0.1) is 6.92 Å². The van der Waals surface area contributed by atoms with Crippen molar-refractivity contribution in [3.05, 3.63) is 145 Å². The summed E-state index contributed by atoms with van der Waals surface area (Å²) in [5, 5.41) is 8.01. The maximum Gasteiger partial charge on any atom is -0.0114 e. The number of fused-ring (bicyclic) bond motifs is 3. The molecule has 7 aromatic carbocycles. The van der Waals surface area contributed by atoms with Crippen LogP contribution in [0.25, 0.3) is 54.6 Å². The number of hydrogen-bond donors (Lipinski definition) is 0. The Morgan fingerprint density at radius 2 is 1.07 bits per heavy atom. The maximum atomic E-state index is 2.34. The van der Waals surface area contributed by atoms with Gasteiger partial charge in [0.05, 0.1) is 0 Å². The summed E-state index contributed by atoms with van der Waals surface area (Å²) in [7, 11) is 0. The Labute approximate surface area is 290 Å². The molecule has 0 fully saturated rings. The quantitative estimate of drug-likeness (QED) is 0.160. The van der Waals surface area contributed by atoms with Crippen molar-refractivity contribution < 1.29 is 48.1 Å². The SMILES string of the molecule is CC(C)c1cc2c(-c3ccccc3)cccc2[cH-]1.C[Si](C)=[Zr+2].Cc1cc2c(-c3cccc4ccccc34)cccc2[cH-]1.[Cl-].[Cl-]. The average molecular weight is 709 g/mol. The van der Waals surface area contributed by atoms with E-state index >= 15 is 0 Å². The van der Waals surface area contributed by atoms with E-state index in [0.29, 0.717) is 5.92 Å². The Morgan fingerprint density at radius 1 is 0.568 bits per heavy atom. The van der Waals surface area contributed by atoms with Crippen LogP contribution in [0.3, 0.4) is 0 Å². The smallest absolute Gasteiger partial charge is 0.0114 e. The summed E-state index contributed by atoms with van der Waals surface area (Å²) < 4.78 is 0. The molecule has 0 spiro atoms. The molecule has 0 saturated heterocycles. The molecule has 0 aliphatic rings. The van der Waals surface area contributed by atoms with Gasteiger partial charge in [0.25, 0.3) is 0 Å². The molecule has 0 radical (unpaired) electrons. The van der Waals surface area contributed by atoms with Gasteiger partial charge in [0, 0.05) is 0 Å². The van der Waals surface area contributed by atoms with Crippen molar-refractivity contribution in [1.29, 1.82) is 0 Å². The van der Waals surface area contributed by atoms with E-state index in [1.807, 2.05) is 0 Å². The first kappa shape index (κ1) is 35.7. The molecule has 0 saturated carbocycles. The van der Waals surface area contributed by atoms with Crippen LogP contribution in [-0.4, -0.2) is 5.43 Å². The molecule has 7 rings (SSSR count). The summed E-state index contributed by atoms with van der Waals surface area (Å²) in [5.41, 5.74) is 8.24. The molecule has 0 unspecified atom stereocenters. The van der Waals surface area contributed by atoms with Crippen LogP contribution in [0.4, 0.5) is 0 Å². The predicted molar refractivity (Wildman–Crippen MR) is 184 cm³/mol. The van der Waals surface area contributed by atoms with Gasteiger partial charge in [0.15, 0.2) is 0 Å². The van der Waals surface area contributed by atoms with Gasteiger partial charge in [0.1, 0.15) is 0 Å². The van der Waals surface area contributed by atoms with Crippen LogP contribution in [-0.2, 0) is 23.3 Å². The number of rotatable bonds is 3. The molecule has 0 nitrogen and oxygen atoms in total. The normalized spacial score (nSPS) is 10.4. The minimum absolute atomic E-state index is 0. The van der Waals surface area contributed by atoms with Crippen molar-refractivity contribution in [3.8, 4) is 22.3 Å². The van der Waals surface area contributed by atoms with Gasteiger partial charge in [-0.15, -0.1) is 69.1 Å². The van der Waals surface area contributed by atoms with Crippen molar-refractivity contribution in [3.63, 3.8) is 0 Å². The second-order valence-electron chi connectivity index (χ2n) is 11.5. The zero-order chi connectivity index (χ0) is 29.6. The van der Waals surface area contributed by atoms with Crippen molar-refractivity contribution in [2.45, 2.75) is 39.8 Å². The minimum Gasteiger partial charge on any atom is -1.00 e. The average Bonchev–Trinajstić information content (AvgIpc) is 3.60. The molecule has 0 heterocycles. The van der Waals surface area contributed by atoms with Gasteiger partial charge in [-0.3, -0.25) is 0 Å². The van der Waals surface area contributed by atoms with E-state index in [4.69, 9.17) is 0 Å². The zero-order valence-corrected chi connectivity index (χ0v) is 31.0. The summed E-state index contributed by atoms with van der Waals surface area (Å²) in [6, 6.07) is 48.1. The van der Waals surface area contributed by atoms with Crippen LogP contribution in [0.5, 0.6) is 0 Å². The van der Waals surface area contributed by atoms with E-state index in [9.17, 15) is 0 Å². The predicted octanol–water partition coefficient (Wildman–Crippen LogP) is 5.83. The summed E-state index contributed by atoms with van der Waals surface area (Å²) in [5.74, 6) is 0.584. The van der Waals surface area contributed by atoms with E-state index in [0.717, 1.165) is 0 Å². The third-order valence-electron chi connectivity index (χ3n) is 7.50. The topological polar surface area (TPSA) is 0 Å². The van der Waals surface area contributed by atoms with E-state index < -0.39 is 0 Å². The van der Waals surface area contributed by atoms with Crippen LogP contribution >= 0.6 is 0 Å². The van der Waals surface area contributed by atoms with Crippen LogP contribution in [0.15, 0.2) is 133 Å². The van der Waals surface area contributed by atoms with Gasteiger partial charge >= 0.3 is 41.9 Å². The first-order valence-corrected chi connectivity index (χ1v) is 20.9. The van der Waals surface area contributed by atoms with Crippen molar-refractivity contribution in [2.24, 2.45) is 0 Å². The van der Waals surface area contributed by atoms with Gasteiger partial charge in [-0.25, -0.2) is 0 Å². The Balaban J connectivity index is 0.000000207. The fourth-order valence-corrected chi connectivity index (χ4v) is 5.54. The third-order valence-corrected chi connectivity index (χ3v) is 7.50. The first-order chi connectivity index (χ1) is 20.3. The van der Waals surface area contributed by atoms with Crippen LogP contribution in [0.2, 0.25) is 13.1 Å². The molecule has 44 heavy (non-hydrogen) atoms. The van der Waals surface area contributed by atoms with Crippen molar-refractivity contribution >= 4 is 37.8 Å². The number of benzene rings is 5. The Morgan fingerprint density at radius 3 is 1.73 bits per heavy atom. The molecule has 0 N–H and O–H groups in total. The number of halogens is 2. The summed E-state index contributed by atoms with van der Waals surface area (Å²) >= 11 is 1.74. The fraction of sp³-hybridized carbons (Fsp3) is 0.150. The minimum atomic E-state index is 0. The fourth-order valence-electron chi connectivity index (χ4n) is 5.54. The maximum absolute atomic E-state index is 2.34. The standard InChI is InChI=1S/C20H15.C18H17.C2H6Si.2ClH.Zr/c1-14-12-16-8-5-11-19(20(16)13-14)18-10-4-7-15-6-2-3-9-17(15)18;1-13(2)16-11-15-9-6-10-17(18(15)12-16)14-7-4-3-5-8-14;1-3-2;;;/h2-13H,1H3;3-13H,1-2H3;1-2H3;2*1H;/q2*-1;;;;+2/p-2. The van der Waals surface area contributed by atoms with E-state index in [1.165, 1.54) is 65.7 Å². The number of aryl methyl sites for hydroxylation is 1. The molecular formula is C40H38Cl2SiZr-2. The Kier molecular flexibility index (Phi) is 13.4. The molecule has 0 aliphatic heterocycles. The monoisotopic (exact) mass is 706 g/mol. The first-order valence-electron chi connectivity index (χ1n) is 14.7. The summed E-state index contributed by atoms with van der Waals surface area (Å²) in [4.78, 5) is 0. The van der Waals surface area contributed by atoms with E-state index in [2.05, 4.69) is 167 Å². The molecular weight excluding hydrogens is 671 g/mol. The number of hydrogen-bond acceptors (Lipinski definition) is 0. The summed E-state index contributed by atoms with van der Waals surface area (Å²) in [6.45, 7) is 11.3. The molecule has 0 atom stereocenters. The van der Waals surface area contributed by atoms with Gasteiger partial charge in [-0.1, -0.05) is 117 Å². The molecule has 0 aliphatic carbocycles. The molecule has 4 heteroatoms. The van der Waals surface area contributed by atoms with Gasteiger partial charge in [0.2, 0.25) is 0 Å². The van der Waals surface area contributed by atoms with Gasteiger partial charge in [-0.2, -0.15) is 12.1 Å². The molecule has 0 amide bonds. The van der Waals surface area contributed by atoms with Crippen LogP contribution < -0.4 is 24.8 Å². The van der Waals surface area contributed by atoms with Gasteiger partial charge in [-0.05, 0) is 27.8 Å². The molecule has 222 valence electrons. The second-order valence-corrected chi connectivity index (χ2v) is 20.9. The van der Waals surface area contributed by atoms with E-state index in [-0.39, 0.29) is 30.2 Å². The third kappa shape index (κ3) is 8.49. The summed E-state index contributed by atoms with van der Waals surface area (Å²) in [6.07, 6.45) is 0. The van der Waals surface area contributed by atoms with Crippen LogP contribution in [0.1, 0.15) is 30.9 Å². The van der Waals surface area contributed by atoms with Gasteiger partial charge < -0.3 is 24.8 Å². The molecule has 7 aromatic rings. The molecule has 0 bridgehead atoms. The molecule has 0 aromatic heterocycles. The Hall–Kier alpha value is -2.74. The largest absolute Gasteiger partial charge is 1.00 e. The van der Waals surface area contributed by atoms with E-state index in [1.54, 1.807) is 23.3 Å². The zero-order valence-electron chi connectivity index (χ0n) is 26.0. The Bertz CT molecular complexity index is 1960. The van der Waals surface area contributed by atoms with Crippen molar-refractivity contribution in [2.75, 3.05) is 0 Å².